The molecule has 0 aliphatic carbocycles. The number of non-ortho nitro benzene ring substituents is 1. The second kappa shape index (κ2) is 5.38. The Labute approximate surface area is 108 Å². The molecule has 0 saturated carbocycles. The molecule has 0 bridgehead atoms. The highest BCUT2D eigenvalue weighted by Gasteiger charge is 2.13. The zero-order valence-electron chi connectivity index (χ0n) is 10.5. The van der Waals surface area contributed by atoms with Gasteiger partial charge in [0.25, 0.3) is 5.69 Å². The molecule has 0 aliphatic heterocycles. The average molecular weight is 264 g/mol. The summed E-state index contributed by atoms with van der Waals surface area (Å²) in [5, 5.41) is 14.4. The van der Waals surface area contributed by atoms with E-state index in [1.54, 1.807) is 13.0 Å². The third kappa shape index (κ3) is 3.01. The van der Waals surface area contributed by atoms with Gasteiger partial charge in [0.2, 0.25) is 0 Å². The highest BCUT2D eigenvalue weighted by Crippen LogP contribution is 2.31. The molecule has 7 heteroatoms. The van der Waals surface area contributed by atoms with Crippen molar-refractivity contribution in [1.29, 1.82) is 0 Å². The SMILES string of the molecule is COc1ccc([N+](=O)[O-])cc1OCc1cc(C)no1. The number of aryl methyl sites for hydroxylation is 1. The Bertz CT molecular complexity index is 594. The maximum absolute atomic E-state index is 10.7. The number of benzene rings is 1. The van der Waals surface area contributed by atoms with E-state index in [0.717, 1.165) is 5.69 Å². The zero-order valence-corrected chi connectivity index (χ0v) is 10.5. The molecule has 0 aliphatic rings. The van der Waals surface area contributed by atoms with Gasteiger partial charge in [0.15, 0.2) is 17.3 Å². The number of ether oxygens (including phenoxy) is 2. The summed E-state index contributed by atoms with van der Waals surface area (Å²) >= 11 is 0. The van der Waals surface area contributed by atoms with Crippen LogP contribution in [0.1, 0.15) is 11.5 Å². The molecule has 1 aromatic heterocycles. The van der Waals surface area contributed by atoms with E-state index in [2.05, 4.69) is 5.16 Å². The van der Waals surface area contributed by atoms with Crippen molar-refractivity contribution in [1.82, 2.24) is 5.16 Å². The second-order valence-electron chi connectivity index (χ2n) is 3.82. The van der Waals surface area contributed by atoms with Crippen LogP contribution in [0, 0.1) is 17.0 Å². The number of rotatable bonds is 5. The minimum absolute atomic E-state index is 0.0652. The fraction of sp³-hybridized carbons (Fsp3) is 0.250. The van der Waals surface area contributed by atoms with Gasteiger partial charge in [0.05, 0.1) is 23.8 Å². The molecule has 0 atom stereocenters. The third-order valence-corrected chi connectivity index (χ3v) is 2.40. The van der Waals surface area contributed by atoms with E-state index in [1.807, 2.05) is 0 Å². The van der Waals surface area contributed by atoms with Crippen LogP contribution in [0.25, 0.3) is 0 Å². The molecular weight excluding hydrogens is 252 g/mol. The lowest BCUT2D eigenvalue weighted by atomic mass is 10.3. The molecule has 2 rings (SSSR count). The molecule has 0 N–H and O–H groups in total. The Kier molecular flexibility index (Phi) is 3.65. The van der Waals surface area contributed by atoms with Gasteiger partial charge < -0.3 is 14.0 Å². The summed E-state index contributed by atoms with van der Waals surface area (Å²) in [6, 6.07) is 5.87. The highest BCUT2D eigenvalue weighted by atomic mass is 16.6. The molecule has 0 amide bonds. The maximum Gasteiger partial charge on any atom is 0.273 e. The van der Waals surface area contributed by atoms with Crippen LogP contribution >= 0.6 is 0 Å². The predicted octanol–water partition coefficient (Wildman–Crippen LogP) is 2.48. The third-order valence-electron chi connectivity index (χ3n) is 2.40. The van der Waals surface area contributed by atoms with Gasteiger partial charge in [-0.2, -0.15) is 0 Å². The average Bonchev–Trinajstić information content (AvgIpc) is 2.81. The summed E-state index contributed by atoms with van der Waals surface area (Å²) in [4.78, 5) is 10.2. The Hall–Kier alpha value is -2.57. The topological polar surface area (TPSA) is 87.6 Å². The molecule has 7 nitrogen and oxygen atoms in total. The number of aromatic nitrogens is 1. The van der Waals surface area contributed by atoms with Crippen molar-refractivity contribution >= 4 is 5.69 Å². The fourth-order valence-electron chi connectivity index (χ4n) is 1.52. The summed E-state index contributed by atoms with van der Waals surface area (Å²) in [6.07, 6.45) is 0. The van der Waals surface area contributed by atoms with E-state index in [-0.39, 0.29) is 18.0 Å². The van der Waals surface area contributed by atoms with Crippen molar-refractivity contribution < 1.29 is 18.9 Å². The lowest BCUT2D eigenvalue weighted by Gasteiger charge is -2.08. The molecule has 0 unspecified atom stereocenters. The van der Waals surface area contributed by atoms with Gasteiger partial charge in [0, 0.05) is 12.1 Å². The number of methoxy groups -OCH3 is 1. The first kappa shape index (κ1) is 12.9. The normalized spacial score (nSPS) is 10.2. The van der Waals surface area contributed by atoms with Gasteiger partial charge in [-0.1, -0.05) is 5.16 Å². The highest BCUT2D eigenvalue weighted by molar-refractivity contribution is 5.48. The number of hydrogen-bond acceptors (Lipinski definition) is 6. The van der Waals surface area contributed by atoms with Gasteiger partial charge >= 0.3 is 0 Å². The standard InChI is InChI=1S/C12H12N2O5/c1-8-5-10(19-13-8)7-18-12-6-9(14(15)16)3-4-11(12)17-2/h3-6H,7H2,1-2H3. The maximum atomic E-state index is 10.7. The van der Waals surface area contributed by atoms with Crippen molar-refractivity contribution in [2.75, 3.05) is 7.11 Å². The zero-order chi connectivity index (χ0) is 13.8. The predicted molar refractivity (Wildman–Crippen MR) is 65.2 cm³/mol. The Morgan fingerprint density at radius 2 is 2.16 bits per heavy atom. The molecule has 1 heterocycles. The van der Waals surface area contributed by atoms with Crippen LogP contribution in [-0.4, -0.2) is 17.2 Å². The Morgan fingerprint density at radius 3 is 2.74 bits per heavy atom. The van der Waals surface area contributed by atoms with Gasteiger partial charge in [-0.05, 0) is 13.0 Å². The first-order valence-corrected chi connectivity index (χ1v) is 5.47. The fourth-order valence-corrected chi connectivity index (χ4v) is 1.52. The van der Waals surface area contributed by atoms with Gasteiger partial charge in [-0.15, -0.1) is 0 Å². The van der Waals surface area contributed by atoms with Crippen LogP contribution in [0.2, 0.25) is 0 Å². The summed E-state index contributed by atoms with van der Waals surface area (Å²) < 4.78 is 15.5. The van der Waals surface area contributed by atoms with Crippen LogP contribution in [-0.2, 0) is 6.61 Å². The lowest BCUT2D eigenvalue weighted by Crippen LogP contribution is -1.98. The molecule has 100 valence electrons. The molecule has 0 radical (unpaired) electrons. The largest absolute Gasteiger partial charge is 0.493 e. The summed E-state index contributed by atoms with van der Waals surface area (Å²) in [5.41, 5.74) is 0.675. The molecule has 1 aromatic carbocycles. The minimum Gasteiger partial charge on any atom is -0.493 e. The number of hydrogen-bond donors (Lipinski definition) is 0. The Balaban J connectivity index is 2.17. The van der Waals surface area contributed by atoms with E-state index in [9.17, 15) is 10.1 Å². The lowest BCUT2D eigenvalue weighted by molar-refractivity contribution is -0.385. The van der Waals surface area contributed by atoms with Crippen LogP contribution < -0.4 is 9.47 Å². The first-order chi connectivity index (χ1) is 9.10. The van der Waals surface area contributed by atoms with Crippen molar-refractivity contribution in [3.05, 3.63) is 45.8 Å². The monoisotopic (exact) mass is 264 g/mol. The Morgan fingerprint density at radius 1 is 1.37 bits per heavy atom. The van der Waals surface area contributed by atoms with E-state index in [0.29, 0.717) is 11.5 Å². The van der Waals surface area contributed by atoms with Crippen LogP contribution in [0.3, 0.4) is 0 Å². The molecule has 0 fully saturated rings. The van der Waals surface area contributed by atoms with E-state index < -0.39 is 4.92 Å². The van der Waals surface area contributed by atoms with E-state index in [1.165, 1.54) is 25.3 Å². The second-order valence-corrected chi connectivity index (χ2v) is 3.82. The first-order valence-electron chi connectivity index (χ1n) is 5.47. The van der Waals surface area contributed by atoms with E-state index >= 15 is 0 Å². The van der Waals surface area contributed by atoms with Crippen LogP contribution in [0.4, 0.5) is 5.69 Å². The smallest absolute Gasteiger partial charge is 0.273 e. The molecule has 0 saturated heterocycles. The summed E-state index contributed by atoms with van der Waals surface area (Å²) in [7, 11) is 1.46. The number of nitro groups is 1. The van der Waals surface area contributed by atoms with Crippen molar-refractivity contribution in [2.24, 2.45) is 0 Å². The van der Waals surface area contributed by atoms with Gasteiger partial charge in [-0.3, -0.25) is 10.1 Å². The van der Waals surface area contributed by atoms with Crippen LogP contribution in [0.5, 0.6) is 11.5 Å². The minimum atomic E-state index is -0.495. The molecule has 0 spiro atoms. The van der Waals surface area contributed by atoms with E-state index in [4.69, 9.17) is 14.0 Å². The van der Waals surface area contributed by atoms with Crippen LogP contribution in [0.15, 0.2) is 28.8 Å². The number of nitro benzene ring substituents is 1. The van der Waals surface area contributed by atoms with Gasteiger partial charge in [-0.25, -0.2) is 0 Å². The van der Waals surface area contributed by atoms with Crippen molar-refractivity contribution in [3.8, 4) is 11.5 Å². The summed E-state index contributed by atoms with van der Waals surface area (Å²) in [6.45, 7) is 1.92. The summed E-state index contributed by atoms with van der Waals surface area (Å²) in [5.74, 6) is 1.23. The number of nitrogens with zero attached hydrogens (tertiary/aromatic N) is 2. The molecular formula is C12H12N2O5. The quantitative estimate of drug-likeness (QED) is 0.609. The van der Waals surface area contributed by atoms with Gasteiger partial charge in [0.1, 0.15) is 6.61 Å². The molecule has 19 heavy (non-hydrogen) atoms. The molecule has 2 aromatic rings. The van der Waals surface area contributed by atoms with Crippen molar-refractivity contribution in [3.63, 3.8) is 0 Å². The van der Waals surface area contributed by atoms with Crippen molar-refractivity contribution in [2.45, 2.75) is 13.5 Å².